The molecular formula is C21H23ClN2O3. The summed E-state index contributed by atoms with van der Waals surface area (Å²) in [6, 6.07) is 13.9. The number of benzene rings is 2. The maximum Gasteiger partial charge on any atom is 0.267 e. The van der Waals surface area contributed by atoms with Crippen LogP contribution < -0.4 is 10.1 Å². The van der Waals surface area contributed by atoms with E-state index in [1.807, 2.05) is 4.90 Å². The molecule has 1 aliphatic heterocycles. The fraction of sp³-hybridized carbons (Fsp3) is 0.333. The summed E-state index contributed by atoms with van der Waals surface area (Å²) in [6.07, 6.45) is 2.03. The van der Waals surface area contributed by atoms with Gasteiger partial charge in [-0.2, -0.15) is 0 Å². The van der Waals surface area contributed by atoms with Crippen molar-refractivity contribution >= 4 is 29.1 Å². The van der Waals surface area contributed by atoms with Crippen molar-refractivity contribution in [2.45, 2.75) is 32.3 Å². The van der Waals surface area contributed by atoms with E-state index in [0.29, 0.717) is 22.0 Å². The fourth-order valence-electron chi connectivity index (χ4n) is 2.99. The van der Waals surface area contributed by atoms with Gasteiger partial charge in [0.2, 0.25) is 0 Å². The predicted molar refractivity (Wildman–Crippen MR) is 106 cm³/mol. The first kappa shape index (κ1) is 19.2. The van der Waals surface area contributed by atoms with E-state index in [1.54, 1.807) is 62.4 Å². The molecule has 0 aliphatic carbocycles. The third-order valence-corrected chi connectivity index (χ3v) is 4.78. The molecule has 0 aromatic heterocycles. The van der Waals surface area contributed by atoms with E-state index in [4.69, 9.17) is 16.3 Å². The van der Waals surface area contributed by atoms with Crippen LogP contribution in [0.5, 0.6) is 5.75 Å². The summed E-state index contributed by atoms with van der Waals surface area (Å²) in [5, 5.41) is 3.45. The smallest absolute Gasteiger partial charge is 0.267 e. The summed E-state index contributed by atoms with van der Waals surface area (Å²) < 4.78 is 5.82. The molecule has 1 fully saturated rings. The first-order valence-electron chi connectivity index (χ1n) is 9.01. The van der Waals surface area contributed by atoms with Crippen LogP contribution in [0.3, 0.4) is 0 Å². The molecule has 2 aromatic carbocycles. The van der Waals surface area contributed by atoms with Crippen LogP contribution in [0.15, 0.2) is 48.5 Å². The number of para-hydroxylation sites is 1. The van der Waals surface area contributed by atoms with Gasteiger partial charge in [0.25, 0.3) is 11.8 Å². The van der Waals surface area contributed by atoms with Gasteiger partial charge in [-0.1, -0.05) is 23.7 Å². The molecule has 5 nitrogen and oxygen atoms in total. The number of hydrogen-bond donors (Lipinski definition) is 1. The van der Waals surface area contributed by atoms with Gasteiger partial charge in [0.05, 0.1) is 11.3 Å². The molecule has 0 unspecified atom stereocenters. The second-order valence-electron chi connectivity index (χ2n) is 7.07. The van der Waals surface area contributed by atoms with Crippen LogP contribution in [0.1, 0.15) is 37.0 Å². The molecule has 2 aromatic rings. The van der Waals surface area contributed by atoms with Crippen LogP contribution in [0, 0.1) is 0 Å². The monoisotopic (exact) mass is 386 g/mol. The number of likely N-dealkylation sites (tertiary alicyclic amines) is 1. The van der Waals surface area contributed by atoms with Gasteiger partial charge >= 0.3 is 0 Å². The highest BCUT2D eigenvalue weighted by molar-refractivity contribution is 6.30. The number of nitrogens with zero attached hydrogens (tertiary/aromatic N) is 1. The molecule has 3 rings (SSSR count). The first-order valence-corrected chi connectivity index (χ1v) is 9.39. The van der Waals surface area contributed by atoms with E-state index in [9.17, 15) is 9.59 Å². The van der Waals surface area contributed by atoms with E-state index >= 15 is 0 Å². The molecule has 0 bridgehead atoms. The number of anilines is 1. The molecule has 2 amide bonds. The SMILES string of the molecule is CC(C)(Oc1ccc(Cl)cc1)C(=O)Nc1ccccc1C(=O)N1CCCC1. The molecule has 1 N–H and O–H groups in total. The first-order chi connectivity index (χ1) is 12.9. The normalized spacial score (nSPS) is 14.1. The molecule has 0 atom stereocenters. The molecule has 1 heterocycles. The van der Waals surface area contributed by atoms with Gasteiger partial charge in [0.1, 0.15) is 5.75 Å². The second-order valence-corrected chi connectivity index (χ2v) is 7.50. The van der Waals surface area contributed by atoms with Crippen LogP contribution in [0.4, 0.5) is 5.69 Å². The number of rotatable bonds is 5. The summed E-state index contributed by atoms with van der Waals surface area (Å²) in [5.41, 5.74) is -0.139. The molecule has 0 radical (unpaired) electrons. The Bertz CT molecular complexity index is 828. The van der Waals surface area contributed by atoms with E-state index in [-0.39, 0.29) is 11.8 Å². The van der Waals surface area contributed by atoms with Crippen LogP contribution in [-0.2, 0) is 4.79 Å². The Labute approximate surface area is 164 Å². The predicted octanol–water partition coefficient (Wildman–Crippen LogP) is 4.37. The summed E-state index contributed by atoms with van der Waals surface area (Å²) in [6.45, 7) is 4.88. The number of halogens is 1. The zero-order chi connectivity index (χ0) is 19.4. The van der Waals surface area contributed by atoms with Crippen LogP contribution in [-0.4, -0.2) is 35.4 Å². The summed E-state index contributed by atoms with van der Waals surface area (Å²) in [7, 11) is 0. The van der Waals surface area contributed by atoms with Crippen LogP contribution in [0.25, 0.3) is 0 Å². The Morgan fingerprint density at radius 2 is 1.67 bits per heavy atom. The Morgan fingerprint density at radius 3 is 2.33 bits per heavy atom. The lowest BCUT2D eigenvalue weighted by molar-refractivity contribution is -0.128. The number of nitrogens with one attached hydrogen (secondary N) is 1. The number of ether oxygens (including phenoxy) is 1. The standard InChI is InChI=1S/C21H23ClN2O3/c1-21(2,27-16-11-9-15(22)10-12-16)20(26)23-18-8-4-3-7-17(18)19(25)24-13-5-6-14-24/h3-4,7-12H,5-6,13-14H2,1-2H3,(H,23,26). The van der Waals surface area contributed by atoms with Crippen molar-refractivity contribution in [1.82, 2.24) is 4.90 Å². The van der Waals surface area contributed by atoms with Crippen molar-refractivity contribution in [2.24, 2.45) is 0 Å². The largest absolute Gasteiger partial charge is 0.478 e. The fourth-order valence-corrected chi connectivity index (χ4v) is 3.11. The third-order valence-electron chi connectivity index (χ3n) is 4.53. The summed E-state index contributed by atoms with van der Waals surface area (Å²) in [4.78, 5) is 27.4. The van der Waals surface area contributed by atoms with E-state index in [0.717, 1.165) is 25.9 Å². The highest BCUT2D eigenvalue weighted by Gasteiger charge is 2.31. The second kappa shape index (κ2) is 8.01. The minimum atomic E-state index is -1.13. The van der Waals surface area contributed by atoms with Gasteiger partial charge in [0.15, 0.2) is 5.60 Å². The topological polar surface area (TPSA) is 58.6 Å². The van der Waals surface area contributed by atoms with Gasteiger partial charge in [0, 0.05) is 18.1 Å². The Kier molecular flexibility index (Phi) is 5.71. The van der Waals surface area contributed by atoms with Crippen LogP contribution in [0.2, 0.25) is 5.02 Å². The zero-order valence-corrected chi connectivity index (χ0v) is 16.3. The van der Waals surface area contributed by atoms with Gasteiger partial charge in [-0.15, -0.1) is 0 Å². The quantitative estimate of drug-likeness (QED) is 0.829. The number of hydrogen-bond acceptors (Lipinski definition) is 3. The molecule has 0 spiro atoms. The Balaban J connectivity index is 1.75. The van der Waals surface area contributed by atoms with Crippen molar-refractivity contribution in [2.75, 3.05) is 18.4 Å². The minimum absolute atomic E-state index is 0.0557. The average Bonchev–Trinajstić information content (AvgIpc) is 3.18. The maximum absolute atomic E-state index is 12.8. The molecular weight excluding hydrogens is 364 g/mol. The van der Waals surface area contributed by atoms with Gasteiger partial charge in [-0.25, -0.2) is 0 Å². The average molecular weight is 387 g/mol. The Morgan fingerprint density at radius 1 is 1.04 bits per heavy atom. The molecule has 1 saturated heterocycles. The van der Waals surface area contributed by atoms with Gasteiger partial charge in [-0.3, -0.25) is 9.59 Å². The van der Waals surface area contributed by atoms with E-state index < -0.39 is 5.60 Å². The molecule has 142 valence electrons. The highest BCUT2D eigenvalue weighted by Crippen LogP contribution is 2.24. The summed E-state index contributed by atoms with van der Waals surface area (Å²) >= 11 is 5.88. The van der Waals surface area contributed by atoms with Crippen molar-refractivity contribution in [3.8, 4) is 5.75 Å². The lowest BCUT2D eigenvalue weighted by Crippen LogP contribution is -2.43. The zero-order valence-electron chi connectivity index (χ0n) is 15.5. The lowest BCUT2D eigenvalue weighted by atomic mass is 10.1. The van der Waals surface area contributed by atoms with Crippen molar-refractivity contribution < 1.29 is 14.3 Å². The molecule has 6 heteroatoms. The molecule has 1 aliphatic rings. The van der Waals surface area contributed by atoms with E-state index in [1.165, 1.54) is 0 Å². The molecule has 27 heavy (non-hydrogen) atoms. The third kappa shape index (κ3) is 4.61. The van der Waals surface area contributed by atoms with Crippen molar-refractivity contribution in [3.63, 3.8) is 0 Å². The number of amides is 2. The van der Waals surface area contributed by atoms with Crippen molar-refractivity contribution in [1.29, 1.82) is 0 Å². The Hall–Kier alpha value is -2.53. The minimum Gasteiger partial charge on any atom is -0.478 e. The number of carbonyl (C=O) groups excluding carboxylic acids is 2. The maximum atomic E-state index is 12.8. The van der Waals surface area contributed by atoms with Crippen molar-refractivity contribution in [3.05, 3.63) is 59.1 Å². The molecule has 0 saturated carbocycles. The van der Waals surface area contributed by atoms with Crippen LogP contribution >= 0.6 is 11.6 Å². The van der Waals surface area contributed by atoms with Gasteiger partial charge in [-0.05, 0) is 63.1 Å². The lowest BCUT2D eigenvalue weighted by Gasteiger charge is -2.26. The summed E-state index contributed by atoms with van der Waals surface area (Å²) in [5.74, 6) is 0.153. The van der Waals surface area contributed by atoms with E-state index in [2.05, 4.69) is 5.32 Å². The highest BCUT2D eigenvalue weighted by atomic mass is 35.5. The van der Waals surface area contributed by atoms with Gasteiger partial charge < -0.3 is 15.0 Å². The number of carbonyl (C=O) groups is 2.